The Morgan fingerprint density at radius 2 is 1.96 bits per heavy atom. The number of hydrogen-bond donors (Lipinski definition) is 1. The summed E-state index contributed by atoms with van der Waals surface area (Å²) >= 11 is 0. The molecule has 142 valence electrons. The molecule has 1 aromatic heterocycles. The largest absolute Gasteiger partial charge is 0.379 e. The van der Waals surface area contributed by atoms with Crippen LogP contribution >= 0.6 is 0 Å². The summed E-state index contributed by atoms with van der Waals surface area (Å²) in [6, 6.07) is 11.5. The first-order valence-electron chi connectivity index (χ1n) is 9.43. The zero-order valence-electron chi connectivity index (χ0n) is 15.3. The fourth-order valence-corrected chi connectivity index (χ4v) is 3.61. The van der Waals surface area contributed by atoms with Crippen LogP contribution in [0.4, 0.5) is 5.82 Å². The lowest BCUT2D eigenvalue weighted by Gasteiger charge is -2.28. The number of amides is 2. The number of hydrogen-bond acceptors (Lipinski definition) is 5. The standard InChI is InChI=1S/C20H24N4O3/c25-19-13-16(14-24(19)8-7-23-9-11-27-12-10-23)20(26)22-18-6-5-15-3-1-2-4-17(15)21-18/h1-6,16H,7-14H2,(H,21,22,26)/t16-/m1/s1. The molecule has 0 saturated carbocycles. The number of carbonyl (C=O) groups excluding carboxylic acids is 2. The van der Waals surface area contributed by atoms with Gasteiger partial charge in [-0.1, -0.05) is 18.2 Å². The Balaban J connectivity index is 1.32. The summed E-state index contributed by atoms with van der Waals surface area (Å²) in [4.78, 5) is 33.4. The van der Waals surface area contributed by atoms with E-state index in [2.05, 4.69) is 15.2 Å². The number of nitrogens with zero attached hydrogens (tertiary/aromatic N) is 3. The van der Waals surface area contributed by atoms with E-state index in [1.807, 2.05) is 30.3 Å². The van der Waals surface area contributed by atoms with E-state index in [0.29, 0.717) is 18.9 Å². The molecule has 1 N–H and O–H groups in total. The van der Waals surface area contributed by atoms with Crippen LogP contribution in [-0.4, -0.2) is 72.5 Å². The van der Waals surface area contributed by atoms with Crippen LogP contribution in [0.3, 0.4) is 0 Å². The van der Waals surface area contributed by atoms with E-state index in [-0.39, 0.29) is 24.2 Å². The van der Waals surface area contributed by atoms with Crippen LogP contribution in [0.15, 0.2) is 36.4 Å². The van der Waals surface area contributed by atoms with Gasteiger partial charge in [0.1, 0.15) is 5.82 Å². The summed E-state index contributed by atoms with van der Waals surface area (Å²) in [5.41, 5.74) is 0.838. The van der Waals surface area contributed by atoms with Gasteiger partial charge >= 0.3 is 0 Å². The number of pyridine rings is 1. The predicted octanol–water partition coefficient (Wildman–Crippen LogP) is 1.35. The molecule has 0 unspecified atom stereocenters. The predicted molar refractivity (Wildman–Crippen MR) is 102 cm³/mol. The third-order valence-electron chi connectivity index (χ3n) is 5.22. The zero-order valence-corrected chi connectivity index (χ0v) is 15.3. The highest BCUT2D eigenvalue weighted by molar-refractivity contribution is 5.97. The van der Waals surface area contributed by atoms with Crippen LogP contribution in [0.1, 0.15) is 6.42 Å². The molecule has 2 aliphatic heterocycles. The number of morpholine rings is 1. The van der Waals surface area contributed by atoms with E-state index in [0.717, 1.165) is 43.8 Å². The number of likely N-dealkylation sites (tertiary alicyclic amines) is 1. The number of para-hydroxylation sites is 1. The molecule has 7 heteroatoms. The van der Waals surface area contributed by atoms with Crippen molar-refractivity contribution < 1.29 is 14.3 Å². The Labute approximate surface area is 158 Å². The maximum Gasteiger partial charge on any atom is 0.230 e. The molecule has 7 nitrogen and oxygen atoms in total. The van der Waals surface area contributed by atoms with Crippen LogP contribution in [0.25, 0.3) is 10.9 Å². The van der Waals surface area contributed by atoms with Crippen LogP contribution in [0.5, 0.6) is 0 Å². The van der Waals surface area contributed by atoms with Gasteiger partial charge in [-0.25, -0.2) is 4.98 Å². The fourth-order valence-electron chi connectivity index (χ4n) is 3.61. The van der Waals surface area contributed by atoms with Crippen molar-refractivity contribution in [2.24, 2.45) is 5.92 Å². The van der Waals surface area contributed by atoms with Crippen molar-refractivity contribution in [1.82, 2.24) is 14.8 Å². The van der Waals surface area contributed by atoms with E-state index in [4.69, 9.17) is 4.74 Å². The first kappa shape index (κ1) is 17.9. The van der Waals surface area contributed by atoms with Crippen LogP contribution in [0.2, 0.25) is 0 Å². The smallest absolute Gasteiger partial charge is 0.230 e. The quantitative estimate of drug-likeness (QED) is 0.862. The lowest BCUT2D eigenvalue weighted by Crippen LogP contribution is -2.42. The summed E-state index contributed by atoms with van der Waals surface area (Å²) in [7, 11) is 0. The third-order valence-corrected chi connectivity index (χ3v) is 5.22. The van der Waals surface area contributed by atoms with Crippen molar-refractivity contribution in [3.63, 3.8) is 0 Å². The lowest BCUT2D eigenvalue weighted by molar-refractivity contribution is -0.128. The van der Waals surface area contributed by atoms with E-state index in [9.17, 15) is 9.59 Å². The van der Waals surface area contributed by atoms with Gasteiger partial charge in [0.25, 0.3) is 0 Å². The first-order chi connectivity index (χ1) is 13.2. The second kappa shape index (κ2) is 8.02. The summed E-state index contributed by atoms with van der Waals surface area (Å²) in [5, 5.41) is 3.90. The van der Waals surface area contributed by atoms with Crippen molar-refractivity contribution in [1.29, 1.82) is 0 Å². The highest BCUT2D eigenvalue weighted by atomic mass is 16.5. The minimum absolute atomic E-state index is 0.0508. The molecule has 4 rings (SSSR count). The van der Waals surface area contributed by atoms with Crippen LogP contribution < -0.4 is 5.32 Å². The number of anilines is 1. The number of rotatable bonds is 5. The highest BCUT2D eigenvalue weighted by Gasteiger charge is 2.34. The summed E-state index contributed by atoms with van der Waals surface area (Å²) in [6.45, 7) is 5.27. The van der Waals surface area contributed by atoms with E-state index in [1.165, 1.54) is 0 Å². The average molecular weight is 368 g/mol. The molecule has 2 saturated heterocycles. The molecule has 1 aromatic carbocycles. The SMILES string of the molecule is O=C(Nc1ccc2ccccc2n1)[C@@H]1CC(=O)N(CCN2CCOCC2)C1. The number of carbonyl (C=O) groups is 2. The minimum Gasteiger partial charge on any atom is -0.379 e. The van der Waals surface area contributed by atoms with Crippen molar-refractivity contribution in [3.8, 4) is 0 Å². The molecular formula is C20H24N4O3. The molecule has 0 radical (unpaired) electrons. The normalized spacial score (nSPS) is 21.0. The molecule has 0 spiro atoms. The fraction of sp³-hybridized carbons (Fsp3) is 0.450. The first-order valence-corrected chi connectivity index (χ1v) is 9.43. The number of fused-ring (bicyclic) bond motifs is 1. The van der Waals surface area contributed by atoms with Gasteiger partial charge in [0.05, 0.1) is 24.6 Å². The number of aromatic nitrogens is 1. The van der Waals surface area contributed by atoms with E-state index >= 15 is 0 Å². The summed E-state index contributed by atoms with van der Waals surface area (Å²) < 4.78 is 5.34. The van der Waals surface area contributed by atoms with Gasteiger partial charge in [-0.3, -0.25) is 14.5 Å². The monoisotopic (exact) mass is 368 g/mol. The molecule has 0 aliphatic carbocycles. The zero-order chi connectivity index (χ0) is 18.6. The molecule has 3 heterocycles. The minimum atomic E-state index is -0.324. The highest BCUT2D eigenvalue weighted by Crippen LogP contribution is 2.20. The van der Waals surface area contributed by atoms with Gasteiger partial charge in [-0.15, -0.1) is 0 Å². The molecule has 2 aliphatic rings. The Bertz CT molecular complexity index is 835. The van der Waals surface area contributed by atoms with Crippen LogP contribution in [-0.2, 0) is 14.3 Å². The van der Waals surface area contributed by atoms with Gasteiger partial charge in [-0.2, -0.15) is 0 Å². The average Bonchev–Trinajstić information content (AvgIpc) is 3.08. The number of nitrogens with one attached hydrogen (secondary N) is 1. The van der Waals surface area contributed by atoms with Gasteiger partial charge in [0, 0.05) is 44.5 Å². The van der Waals surface area contributed by atoms with Gasteiger partial charge in [0.2, 0.25) is 11.8 Å². The second-order valence-corrected chi connectivity index (χ2v) is 7.07. The van der Waals surface area contributed by atoms with Gasteiger partial charge in [-0.05, 0) is 18.2 Å². The molecule has 2 amide bonds. The van der Waals surface area contributed by atoms with Gasteiger partial charge < -0.3 is 15.0 Å². The number of benzene rings is 1. The van der Waals surface area contributed by atoms with E-state index in [1.54, 1.807) is 11.0 Å². The second-order valence-electron chi connectivity index (χ2n) is 7.07. The Morgan fingerprint density at radius 3 is 2.81 bits per heavy atom. The third kappa shape index (κ3) is 4.26. The van der Waals surface area contributed by atoms with Crippen molar-refractivity contribution >= 4 is 28.5 Å². The topological polar surface area (TPSA) is 74.8 Å². The van der Waals surface area contributed by atoms with Crippen LogP contribution in [0, 0.1) is 5.92 Å². The Morgan fingerprint density at radius 1 is 1.15 bits per heavy atom. The molecule has 27 heavy (non-hydrogen) atoms. The molecule has 0 bridgehead atoms. The maximum atomic E-state index is 12.6. The Hall–Kier alpha value is -2.51. The van der Waals surface area contributed by atoms with Crippen molar-refractivity contribution in [3.05, 3.63) is 36.4 Å². The molecule has 2 fully saturated rings. The van der Waals surface area contributed by atoms with Crippen molar-refractivity contribution in [2.45, 2.75) is 6.42 Å². The summed E-state index contributed by atoms with van der Waals surface area (Å²) in [6.07, 6.45) is 0.266. The van der Waals surface area contributed by atoms with Gasteiger partial charge in [0.15, 0.2) is 0 Å². The molecule has 2 aromatic rings. The Kier molecular flexibility index (Phi) is 5.31. The maximum absolute atomic E-state index is 12.6. The lowest BCUT2D eigenvalue weighted by atomic mass is 10.1. The van der Waals surface area contributed by atoms with E-state index < -0.39 is 0 Å². The van der Waals surface area contributed by atoms with Crippen molar-refractivity contribution in [2.75, 3.05) is 51.3 Å². The number of ether oxygens (including phenoxy) is 1. The molecule has 1 atom stereocenters. The molecular weight excluding hydrogens is 344 g/mol. The summed E-state index contributed by atoms with van der Waals surface area (Å²) in [5.74, 6) is 0.114.